The molecular formula is C8H18BrNO3S. The Morgan fingerprint density at radius 1 is 1.57 bits per heavy atom. The minimum atomic E-state index is -4.15. The summed E-state index contributed by atoms with van der Waals surface area (Å²) in [6.07, 6.45) is 3.01. The van der Waals surface area contributed by atoms with Gasteiger partial charge in [-0.15, -0.1) is 0 Å². The van der Waals surface area contributed by atoms with Crippen molar-refractivity contribution >= 4 is 26.2 Å². The van der Waals surface area contributed by atoms with Crippen molar-refractivity contribution < 1.29 is 13.0 Å². The van der Waals surface area contributed by atoms with Gasteiger partial charge in [-0.3, -0.25) is 4.55 Å². The lowest BCUT2D eigenvalue weighted by Crippen LogP contribution is -2.45. The average molecular weight is 288 g/mol. The predicted octanol–water partition coefficient (Wildman–Crippen LogP) is 2.32. The molecule has 0 rings (SSSR count). The van der Waals surface area contributed by atoms with Crippen molar-refractivity contribution in [2.45, 2.75) is 44.5 Å². The Morgan fingerprint density at radius 3 is 2.43 bits per heavy atom. The van der Waals surface area contributed by atoms with Gasteiger partial charge in [0.25, 0.3) is 0 Å². The average Bonchev–Trinajstić information content (AvgIpc) is 1.95. The van der Waals surface area contributed by atoms with Crippen LogP contribution >= 0.6 is 15.9 Å². The first-order chi connectivity index (χ1) is 6.19. The molecule has 6 heteroatoms. The third kappa shape index (κ3) is 5.95. The second kappa shape index (κ2) is 5.44. The summed E-state index contributed by atoms with van der Waals surface area (Å²) in [5.74, 6) is 0.115. The van der Waals surface area contributed by atoms with Gasteiger partial charge in [0, 0.05) is 0 Å². The highest BCUT2D eigenvalue weighted by Gasteiger charge is 2.31. The molecule has 0 aliphatic carbocycles. The van der Waals surface area contributed by atoms with E-state index in [-0.39, 0.29) is 5.92 Å². The Morgan fingerprint density at radius 2 is 2.07 bits per heavy atom. The number of halogens is 1. The lowest BCUT2D eigenvalue weighted by molar-refractivity contribution is 0.364. The quantitative estimate of drug-likeness (QED) is 0.448. The molecule has 0 aromatic rings. The molecule has 0 aromatic carbocycles. The highest BCUT2D eigenvalue weighted by Crippen LogP contribution is 2.28. The van der Waals surface area contributed by atoms with Crippen molar-refractivity contribution in [2.75, 3.05) is 0 Å². The molecule has 86 valence electrons. The molecule has 2 atom stereocenters. The van der Waals surface area contributed by atoms with Crippen molar-refractivity contribution in [3.63, 3.8) is 0 Å². The lowest BCUT2D eigenvalue weighted by atomic mass is 9.98. The smallest absolute Gasteiger partial charge is 0.273 e. The molecule has 0 saturated heterocycles. The van der Waals surface area contributed by atoms with Crippen LogP contribution in [0.15, 0.2) is 0 Å². The van der Waals surface area contributed by atoms with E-state index < -0.39 is 14.8 Å². The van der Waals surface area contributed by atoms with E-state index >= 15 is 0 Å². The molecule has 0 amide bonds. The molecule has 0 saturated carbocycles. The van der Waals surface area contributed by atoms with Crippen LogP contribution in [0.1, 0.15) is 40.0 Å². The number of hydrogen-bond donors (Lipinski definition) is 2. The van der Waals surface area contributed by atoms with E-state index in [1.165, 1.54) is 0 Å². The van der Waals surface area contributed by atoms with E-state index in [9.17, 15) is 8.42 Å². The summed E-state index contributed by atoms with van der Waals surface area (Å²) < 4.78 is 31.3. The first-order valence-corrected chi connectivity index (χ1v) is 6.87. The summed E-state index contributed by atoms with van der Waals surface area (Å²) >= 11 is 3.26. The standard InChI is InChI=1S/C8H18BrNO3S/c1-4-5-6-7(2)8(3,9)10-14(11,12)13/h7,10H,4-6H2,1-3H3,(H,11,12,13). The zero-order chi connectivity index (χ0) is 11.4. The van der Waals surface area contributed by atoms with Crippen LogP contribution in [0.25, 0.3) is 0 Å². The van der Waals surface area contributed by atoms with Gasteiger partial charge in [-0.1, -0.05) is 42.6 Å². The van der Waals surface area contributed by atoms with Gasteiger partial charge >= 0.3 is 10.3 Å². The monoisotopic (exact) mass is 287 g/mol. The second-order valence-corrected chi connectivity index (χ2v) is 6.50. The van der Waals surface area contributed by atoms with Crippen LogP contribution in [0.2, 0.25) is 0 Å². The number of alkyl halides is 1. The van der Waals surface area contributed by atoms with E-state index in [1.54, 1.807) is 6.92 Å². The summed E-state index contributed by atoms with van der Waals surface area (Å²) in [6, 6.07) is 0. The number of nitrogens with one attached hydrogen (secondary N) is 1. The maximum atomic E-state index is 10.6. The van der Waals surface area contributed by atoms with Crippen LogP contribution in [-0.4, -0.2) is 17.4 Å². The maximum absolute atomic E-state index is 10.6. The molecule has 14 heavy (non-hydrogen) atoms. The molecule has 0 aliphatic rings. The van der Waals surface area contributed by atoms with Gasteiger partial charge in [-0.05, 0) is 19.3 Å². The summed E-state index contributed by atoms with van der Waals surface area (Å²) in [5.41, 5.74) is 0. The van der Waals surface area contributed by atoms with Gasteiger partial charge in [-0.25, -0.2) is 0 Å². The molecule has 0 radical (unpaired) electrons. The zero-order valence-corrected chi connectivity index (χ0v) is 11.2. The van der Waals surface area contributed by atoms with Gasteiger partial charge in [-0.2, -0.15) is 13.1 Å². The van der Waals surface area contributed by atoms with Crippen LogP contribution in [0.4, 0.5) is 0 Å². The van der Waals surface area contributed by atoms with Gasteiger partial charge in [0.2, 0.25) is 0 Å². The summed E-state index contributed by atoms with van der Waals surface area (Å²) in [7, 11) is -4.15. The van der Waals surface area contributed by atoms with E-state index in [0.717, 1.165) is 19.3 Å². The minimum Gasteiger partial charge on any atom is -0.273 e. The van der Waals surface area contributed by atoms with Crippen LogP contribution in [0.3, 0.4) is 0 Å². The van der Waals surface area contributed by atoms with Gasteiger partial charge in [0.05, 0.1) is 4.45 Å². The second-order valence-electron chi connectivity index (χ2n) is 3.70. The minimum absolute atomic E-state index is 0.115. The molecule has 0 fully saturated rings. The third-order valence-corrected chi connectivity index (χ3v) is 4.17. The van der Waals surface area contributed by atoms with Crippen LogP contribution in [0, 0.1) is 5.92 Å². The van der Waals surface area contributed by atoms with Crippen molar-refractivity contribution in [1.29, 1.82) is 0 Å². The lowest BCUT2D eigenvalue weighted by Gasteiger charge is -2.29. The van der Waals surface area contributed by atoms with Gasteiger partial charge in [0.1, 0.15) is 0 Å². The molecule has 4 nitrogen and oxygen atoms in total. The molecule has 2 unspecified atom stereocenters. The van der Waals surface area contributed by atoms with E-state index in [1.807, 2.05) is 6.92 Å². The molecule has 0 heterocycles. The van der Waals surface area contributed by atoms with Crippen molar-refractivity contribution in [3.8, 4) is 0 Å². The van der Waals surface area contributed by atoms with Crippen molar-refractivity contribution in [2.24, 2.45) is 5.92 Å². The van der Waals surface area contributed by atoms with Crippen molar-refractivity contribution in [1.82, 2.24) is 4.72 Å². The Balaban J connectivity index is 4.30. The summed E-state index contributed by atoms with van der Waals surface area (Å²) in [6.45, 7) is 5.71. The highest BCUT2D eigenvalue weighted by atomic mass is 79.9. The van der Waals surface area contributed by atoms with Gasteiger partial charge < -0.3 is 0 Å². The number of hydrogen-bond acceptors (Lipinski definition) is 2. The van der Waals surface area contributed by atoms with Crippen molar-refractivity contribution in [3.05, 3.63) is 0 Å². The maximum Gasteiger partial charge on any atom is 0.334 e. The zero-order valence-electron chi connectivity index (χ0n) is 8.75. The SMILES string of the molecule is CCCCC(C)C(C)(Br)NS(=O)(=O)O. The van der Waals surface area contributed by atoms with Gasteiger partial charge in [0.15, 0.2) is 0 Å². The topological polar surface area (TPSA) is 66.4 Å². The highest BCUT2D eigenvalue weighted by molar-refractivity contribution is 9.10. The van der Waals surface area contributed by atoms with Crippen LogP contribution < -0.4 is 4.72 Å². The first-order valence-electron chi connectivity index (χ1n) is 4.64. The molecule has 0 aliphatic heterocycles. The fourth-order valence-electron chi connectivity index (χ4n) is 1.13. The Labute approximate surface area is 94.5 Å². The fourth-order valence-corrected chi connectivity index (χ4v) is 2.68. The molecule has 2 N–H and O–H groups in total. The molecular weight excluding hydrogens is 270 g/mol. The largest absolute Gasteiger partial charge is 0.334 e. The molecule has 0 spiro atoms. The molecule has 0 bridgehead atoms. The first kappa shape index (κ1) is 14.3. The third-order valence-electron chi connectivity index (χ3n) is 2.24. The Hall–Kier alpha value is 0.350. The van der Waals surface area contributed by atoms with E-state index in [0.29, 0.717) is 0 Å². The number of rotatable bonds is 6. The fraction of sp³-hybridized carbons (Fsp3) is 1.00. The Kier molecular flexibility index (Phi) is 5.57. The Bertz CT molecular complexity index is 264. The summed E-state index contributed by atoms with van der Waals surface area (Å²) in [4.78, 5) is 0. The van der Waals surface area contributed by atoms with E-state index in [2.05, 4.69) is 27.6 Å². The summed E-state index contributed by atoms with van der Waals surface area (Å²) in [5, 5.41) is 0. The van der Waals surface area contributed by atoms with E-state index in [4.69, 9.17) is 4.55 Å². The predicted molar refractivity (Wildman–Crippen MR) is 60.7 cm³/mol. The van der Waals surface area contributed by atoms with Crippen LogP contribution in [0.5, 0.6) is 0 Å². The normalized spacial score (nSPS) is 18.9. The number of unbranched alkanes of at least 4 members (excludes halogenated alkanes) is 1. The van der Waals surface area contributed by atoms with Crippen LogP contribution in [-0.2, 0) is 10.3 Å². The molecule has 0 aromatic heterocycles.